The number of hydrogen-bond acceptors (Lipinski definition) is 4. The van der Waals surface area contributed by atoms with Crippen molar-refractivity contribution in [2.75, 3.05) is 39.3 Å². The molecule has 1 amide bonds. The van der Waals surface area contributed by atoms with Crippen molar-refractivity contribution >= 4 is 17.5 Å². The quantitative estimate of drug-likeness (QED) is 0.469. The summed E-state index contributed by atoms with van der Waals surface area (Å²) in [4.78, 5) is 17.2. The molecule has 0 saturated carbocycles. The summed E-state index contributed by atoms with van der Waals surface area (Å²) in [7, 11) is 0. The van der Waals surface area contributed by atoms with Crippen LogP contribution in [-0.2, 0) is 10.9 Å². The Morgan fingerprint density at radius 3 is 2.42 bits per heavy atom. The number of rotatable bonds is 5. The molecule has 2 aliphatic rings. The second kappa shape index (κ2) is 10.2. The summed E-state index contributed by atoms with van der Waals surface area (Å²) < 4.78 is 47.3. The highest BCUT2D eigenvalue weighted by Gasteiger charge is 2.35. The molecule has 0 radical (unpaired) electrons. The molecule has 2 fully saturated rings. The van der Waals surface area contributed by atoms with Crippen LogP contribution in [0, 0.1) is 0 Å². The van der Waals surface area contributed by atoms with Gasteiger partial charge in [0.15, 0.2) is 5.69 Å². The second-order valence-corrected chi connectivity index (χ2v) is 9.49. The van der Waals surface area contributed by atoms with Crippen molar-refractivity contribution in [3.8, 4) is 16.9 Å². The molecule has 0 aliphatic carbocycles. The Hall–Kier alpha value is -2.88. The van der Waals surface area contributed by atoms with Crippen LogP contribution in [0.5, 0.6) is 0 Å². The van der Waals surface area contributed by atoms with Crippen molar-refractivity contribution in [2.24, 2.45) is 0 Å². The summed E-state index contributed by atoms with van der Waals surface area (Å²) in [6.45, 7) is 4.57. The van der Waals surface area contributed by atoms with E-state index in [1.54, 1.807) is 48.5 Å². The van der Waals surface area contributed by atoms with Gasteiger partial charge in [0, 0.05) is 50.5 Å². The van der Waals surface area contributed by atoms with Gasteiger partial charge in [0.25, 0.3) is 5.91 Å². The molecule has 1 unspecified atom stereocenters. The summed E-state index contributed by atoms with van der Waals surface area (Å²) in [6.07, 6.45) is -2.12. The van der Waals surface area contributed by atoms with Crippen LogP contribution in [0.15, 0.2) is 54.6 Å². The van der Waals surface area contributed by atoms with Gasteiger partial charge in [-0.2, -0.15) is 18.3 Å². The highest BCUT2D eigenvalue weighted by atomic mass is 35.5. The number of halogens is 4. The van der Waals surface area contributed by atoms with Crippen LogP contribution in [0.25, 0.3) is 16.9 Å². The molecule has 0 N–H and O–H groups in total. The van der Waals surface area contributed by atoms with E-state index in [-0.39, 0.29) is 22.7 Å². The van der Waals surface area contributed by atoms with E-state index in [9.17, 15) is 18.0 Å². The molecule has 2 saturated heterocycles. The minimum Gasteiger partial charge on any atom is -0.377 e. The fourth-order valence-corrected chi connectivity index (χ4v) is 4.92. The van der Waals surface area contributed by atoms with E-state index in [0.717, 1.165) is 45.1 Å². The summed E-state index contributed by atoms with van der Waals surface area (Å²) in [5, 5.41) is 4.06. The summed E-state index contributed by atoms with van der Waals surface area (Å²) in [6, 6.07) is 14.2. The lowest BCUT2D eigenvalue weighted by Crippen LogP contribution is -2.50. The van der Waals surface area contributed by atoms with Gasteiger partial charge >= 0.3 is 6.18 Å². The number of carbonyl (C=O) groups is 1. The molecular formula is C26H26ClF3N4O2. The number of ether oxygens (including phenoxy) is 1. The fraction of sp³-hybridized carbons (Fsp3) is 0.385. The van der Waals surface area contributed by atoms with E-state index in [1.807, 2.05) is 4.90 Å². The normalized spacial score (nSPS) is 19.1. The third kappa shape index (κ3) is 5.28. The zero-order chi connectivity index (χ0) is 25.3. The zero-order valence-electron chi connectivity index (χ0n) is 19.5. The summed E-state index contributed by atoms with van der Waals surface area (Å²) >= 11 is 6.25. The number of piperazine rings is 1. The van der Waals surface area contributed by atoms with Crippen LogP contribution in [-0.4, -0.2) is 70.9 Å². The minimum absolute atomic E-state index is 0.0890. The van der Waals surface area contributed by atoms with Crippen LogP contribution < -0.4 is 0 Å². The standard InChI is InChI=1S/C26H26ClF3N4O2/c27-21-5-1-2-6-22(21)34-23(16-24(31-34)26(28,29)30)18-7-9-19(10-8-18)25(35)33-13-11-32(12-14-33)17-20-4-3-15-36-20/h1-2,5-10,16,20H,3-4,11-15,17H2. The molecule has 190 valence electrons. The maximum atomic E-state index is 13.5. The molecule has 0 bridgehead atoms. The van der Waals surface area contributed by atoms with Crippen LogP contribution in [0.3, 0.4) is 0 Å². The first kappa shape index (κ1) is 24.8. The number of amides is 1. The van der Waals surface area contributed by atoms with Gasteiger partial charge < -0.3 is 9.64 Å². The van der Waals surface area contributed by atoms with E-state index < -0.39 is 11.9 Å². The van der Waals surface area contributed by atoms with Crippen molar-refractivity contribution in [1.82, 2.24) is 19.6 Å². The fourth-order valence-electron chi connectivity index (χ4n) is 4.71. The first-order valence-corrected chi connectivity index (χ1v) is 12.3. The Bertz CT molecular complexity index is 1210. The largest absolute Gasteiger partial charge is 0.435 e. The van der Waals surface area contributed by atoms with Crippen molar-refractivity contribution < 1.29 is 22.7 Å². The van der Waals surface area contributed by atoms with Crippen molar-refractivity contribution in [1.29, 1.82) is 0 Å². The molecule has 5 rings (SSSR count). The maximum Gasteiger partial charge on any atom is 0.435 e. The number of benzene rings is 2. The molecule has 3 heterocycles. The van der Waals surface area contributed by atoms with Crippen molar-refractivity contribution in [2.45, 2.75) is 25.1 Å². The van der Waals surface area contributed by atoms with Gasteiger partial charge in [-0.25, -0.2) is 4.68 Å². The van der Waals surface area contributed by atoms with E-state index in [4.69, 9.17) is 16.3 Å². The number of para-hydroxylation sites is 1. The van der Waals surface area contributed by atoms with Crippen LogP contribution in [0.4, 0.5) is 13.2 Å². The third-order valence-corrected chi connectivity index (χ3v) is 6.97. The van der Waals surface area contributed by atoms with Crippen molar-refractivity contribution in [3.05, 3.63) is 70.9 Å². The predicted molar refractivity (Wildman–Crippen MR) is 130 cm³/mol. The monoisotopic (exact) mass is 518 g/mol. The lowest BCUT2D eigenvalue weighted by atomic mass is 10.1. The average molecular weight is 519 g/mol. The first-order chi connectivity index (χ1) is 17.3. The molecule has 1 atom stereocenters. The van der Waals surface area contributed by atoms with Gasteiger partial charge in [-0.15, -0.1) is 0 Å². The lowest BCUT2D eigenvalue weighted by molar-refractivity contribution is -0.141. The van der Waals surface area contributed by atoms with E-state index >= 15 is 0 Å². The van der Waals surface area contributed by atoms with Gasteiger partial charge in [0.1, 0.15) is 0 Å². The van der Waals surface area contributed by atoms with E-state index in [2.05, 4.69) is 10.00 Å². The molecule has 6 nitrogen and oxygen atoms in total. The second-order valence-electron chi connectivity index (χ2n) is 9.08. The van der Waals surface area contributed by atoms with Gasteiger partial charge in [0.2, 0.25) is 0 Å². The minimum atomic E-state index is -4.61. The molecule has 36 heavy (non-hydrogen) atoms. The Morgan fingerprint density at radius 2 is 1.78 bits per heavy atom. The highest BCUT2D eigenvalue weighted by molar-refractivity contribution is 6.32. The zero-order valence-corrected chi connectivity index (χ0v) is 20.3. The number of carbonyl (C=O) groups excluding carboxylic acids is 1. The van der Waals surface area contributed by atoms with Gasteiger partial charge in [-0.05, 0) is 43.2 Å². The molecule has 2 aromatic carbocycles. The van der Waals surface area contributed by atoms with Gasteiger partial charge in [-0.3, -0.25) is 9.69 Å². The Balaban J connectivity index is 1.32. The Morgan fingerprint density at radius 1 is 1.06 bits per heavy atom. The average Bonchev–Trinajstić information content (AvgIpc) is 3.55. The maximum absolute atomic E-state index is 13.5. The molecule has 1 aromatic heterocycles. The topological polar surface area (TPSA) is 50.6 Å². The smallest absolute Gasteiger partial charge is 0.377 e. The highest BCUT2D eigenvalue weighted by Crippen LogP contribution is 2.34. The van der Waals surface area contributed by atoms with Crippen LogP contribution in [0.1, 0.15) is 28.9 Å². The Kier molecular flexibility index (Phi) is 7.05. The lowest BCUT2D eigenvalue weighted by Gasteiger charge is -2.35. The van der Waals surface area contributed by atoms with Crippen LogP contribution in [0.2, 0.25) is 5.02 Å². The first-order valence-electron chi connectivity index (χ1n) is 12.0. The summed E-state index contributed by atoms with van der Waals surface area (Å²) in [5.74, 6) is -0.0890. The number of hydrogen-bond donors (Lipinski definition) is 0. The SMILES string of the molecule is O=C(c1ccc(-c2cc(C(F)(F)F)nn2-c2ccccc2Cl)cc1)N1CCN(CC2CCCO2)CC1. The van der Waals surface area contributed by atoms with Crippen molar-refractivity contribution in [3.63, 3.8) is 0 Å². The molecule has 3 aromatic rings. The molecule has 0 spiro atoms. The number of alkyl halides is 3. The molecule has 2 aliphatic heterocycles. The third-order valence-electron chi connectivity index (χ3n) is 6.65. The summed E-state index contributed by atoms with van der Waals surface area (Å²) in [5.41, 5.74) is 0.545. The van der Waals surface area contributed by atoms with Crippen LogP contribution >= 0.6 is 11.6 Å². The number of aromatic nitrogens is 2. The van der Waals surface area contributed by atoms with E-state index in [0.29, 0.717) is 29.9 Å². The Labute approximate surface area is 212 Å². The van der Waals surface area contributed by atoms with Gasteiger partial charge in [0.05, 0.1) is 22.5 Å². The molecular weight excluding hydrogens is 493 g/mol. The van der Waals surface area contributed by atoms with Gasteiger partial charge in [-0.1, -0.05) is 35.9 Å². The molecule has 10 heteroatoms. The predicted octanol–water partition coefficient (Wildman–Crippen LogP) is 5.15. The van der Waals surface area contributed by atoms with E-state index in [1.165, 1.54) is 4.68 Å². The number of nitrogens with zero attached hydrogens (tertiary/aromatic N) is 4.